The van der Waals surface area contributed by atoms with Gasteiger partial charge in [0.1, 0.15) is 0 Å². The van der Waals surface area contributed by atoms with Crippen molar-refractivity contribution in [3.8, 4) is 0 Å². The van der Waals surface area contributed by atoms with E-state index in [1.165, 1.54) is 24.2 Å². The van der Waals surface area contributed by atoms with Crippen molar-refractivity contribution in [2.45, 2.75) is 38.6 Å². The molecule has 102 valence electrons. The van der Waals surface area contributed by atoms with E-state index >= 15 is 0 Å². The molecule has 0 aliphatic heterocycles. The lowest BCUT2D eigenvalue weighted by Gasteiger charge is -2.20. The van der Waals surface area contributed by atoms with Gasteiger partial charge in [0.15, 0.2) is 0 Å². The highest BCUT2D eigenvalue weighted by molar-refractivity contribution is 7.98. The van der Waals surface area contributed by atoms with Crippen molar-refractivity contribution >= 4 is 23.4 Å². The third kappa shape index (κ3) is 5.64. The molecule has 0 fully saturated rings. The monoisotopic (exact) mass is 285 g/mol. The smallest absolute Gasteiger partial charge is 0.0441 e. The van der Waals surface area contributed by atoms with E-state index in [9.17, 15) is 0 Å². The zero-order valence-electron chi connectivity index (χ0n) is 11.6. The predicted molar refractivity (Wildman–Crippen MR) is 84.9 cm³/mol. The van der Waals surface area contributed by atoms with Crippen molar-refractivity contribution < 1.29 is 0 Å². The van der Waals surface area contributed by atoms with Crippen LogP contribution < -0.4 is 5.32 Å². The Labute approximate surface area is 121 Å². The first-order valence-corrected chi connectivity index (χ1v) is 8.39. The zero-order chi connectivity index (χ0) is 13.4. The van der Waals surface area contributed by atoms with Gasteiger partial charge in [-0.1, -0.05) is 43.6 Å². The molecule has 1 atom stereocenters. The number of halogens is 1. The SMILES string of the molecule is CSCCCC(CNC(C)C)c1ccccc1Cl. The van der Waals surface area contributed by atoms with E-state index < -0.39 is 0 Å². The van der Waals surface area contributed by atoms with Crippen molar-refractivity contribution in [2.24, 2.45) is 0 Å². The first-order valence-electron chi connectivity index (χ1n) is 6.62. The van der Waals surface area contributed by atoms with Crippen molar-refractivity contribution in [3.05, 3.63) is 34.9 Å². The second-order valence-corrected chi connectivity index (χ2v) is 6.31. The van der Waals surface area contributed by atoms with Crippen LogP contribution in [-0.4, -0.2) is 24.6 Å². The Kier molecular flexibility index (Phi) is 7.80. The highest BCUT2D eigenvalue weighted by Crippen LogP contribution is 2.28. The van der Waals surface area contributed by atoms with Crippen LogP contribution in [0, 0.1) is 0 Å². The van der Waals surface area contributed by atoms with Crippen molar-refractivity contribution in [2.75, 3.05) is 18.6 Å². The molecule has 0 radical (unpaired) electrons. The van der Waals surface area contributed by atoms with Crippen LogP contribution in [0.4, 0.5) is 0 Å². The van der Waals surface area contributed by atoms with E-state index in [-0.39, 0.29) is 0 Å². The summed E-state index contributed by atoms with van der Waals surface area (Å²) in [5.74, 6) is 1.75. The fourth-order valence-corrected chi connectivity index (χ4v) is 2.77. The number of hydrogen-bond acceptors (Lipinski definition) is 2. The van der Waals surface area contributed by atoms with E-state index in [1.807, 2.05) is 23.9 Å². The first-order chi connectivity index (χ1) is 8.65. The summed E-state index contributed by atoms with van der Waals surface area (Å²) in [6, 6.07) is 8.76. The summed E-state index contributed by atoms with van der Waals surface area (Å²) in [6.07, 6.45) is 4.61. The first kappa shape index (κ1) is 15.9. The van der Waals surface area contributed by atoms with Gasteiger partial charge < -0.3 is 5.32 Å². The molecule has 1 N–H and O–H groups in total. The molecular weight excluding hydrogens is 262 g/mol. The molecular formula is C15H24ClNS. The number of rotatable bonds is 8. The average molecular weight is 286 g/mol. The molecule has 0 bridgehead atoms. The molecule has 18 heavy (non-hydrogen) atoms. The largest absolute Gasteiger partial charge is 0.314 e. The Bertz CT molecular complexity index is 341. The summed E-state index contributed by atoms with van der Waals surface area (Å²) in [5, 5.41) is 4.43. The van der Waals surface area contributed by atoms with E-state index in [2.05, 4.69) is 37.6 Å². The van der Waals surface area contributed by atoms with Crippen LogP contribution in [0.1, 0.15) is 38.2 Å². The molecule has 0 heterocycles. The van der Waals surface area contributed by atoms with Gasteiger partial charge in [0, 0.05) is 17.6 Å². The lowest BCUT2D eigenvalue weighted by atomic mass is 9.94. The minimum absolute atomic E-state index is 0.522. The van der Waals surface area contributed by atoms with E-state index in [4.69, 9.17) is 11.6 Å². The van der Waals surface area contributed by atoms with Crippen molar-refractivity contribution in [1.82, 2.24) is 5.32 Å². The molecule has 0 aliphatic carbocycles. The fraction of sp³-hybridized carbons (Fsp3) is 0.600. The van der Waals surface area contributed by atoms with Gasteiger partial charge in [0.2, 0.25) is 0 Å². The van der Waals surface area contributed by atoms with Gasteiger partial charge in [-0.15, -0.1) is 0 Å². The number of hydrogen-bond donors (Lipinski definition) is 1. The maximum atomic E-state index is 6.31. The van der Waals surface area contributed by atoms with Crippen molar-refractivity contribution in [3.63, 3.8) is 0 Å². The van der Waals surface area contributed by atoms with E-state index in [0.29, 0.717) is 12.0 Å². The third-order valence-corrected chi connectivity index (χ3v) is 4.06. The third-order valence-electron chi connectivity index (χ3n) is 3.02. The summed E-state index contributed by atoms with van der Waals surface area (Å²) in [5.41, 5.74) is 1.29. The Morgan fingerprint density at radius 3 is 2.61 bits per heavy atom. The molecule has 0 aliphatic rings. The van der Waals surface area contributed by atoms with Gasteiger partial charge in [-0.3, -0.25) is 0 Å². The molecule has 1 unspecified atom stereocenters. The quantitative estimate of drug-likeness (QED) is 0.703. The molecule has 1 nitrogen and oxygen atoms in total. The molecule has 0 aromatic heterocycles. The van der Waals surface area contributed by atoms with Crippen LogP contribution in [0.2, 0.25) is 5.02 Å². The van der Waals surface area contributed by atoms with E-state index in [0.717, 1.165) is 11.6 Å². The molecule has 0 saturated carbocycles. The summed E-state index contributed by atoms with van der Waals surface area (Å²) in [4.78, 5) is 0. The van der Waals surface area contributed by atoms with Crippen LogP contribution in [-0.2, 0) is 0 Å². The molecule has 0 saturated heterocycles. The Morgan fingerprint density at radius 1 is 1.28 bits per heavy atom. The van der Waals surface area contributed by atoms with E-state index in [1.54, 1.807) is 0 Å². The number of nitrogens with one attached hydrogen (secondary N) is 1. The maximum absolute atomic E-state index is 6.31. The summed E-state index contributed by atoms with van der Waals surface area (Å²) >= 11 is 8.23. The minimum Gasteiger partial charge on any atom is -0.314 e. The highest BCUT2D eigenvalue weighted by Gasteiger charge is 2.14. The molecule has 0 spiro atoms. The maximum Gasteiger partial charge on any atom is 0.0441 e. The predicted octanol–water partition coefficient (Wildman–Crippen LogP) is 4.56. The standard InChI is InChI=1S/C15H24ClNS/c1-12(2)17-11-13(7-6-10-18-3)14-8-4-5-9-15(14)16/h4-5,8-9,12-13,17H,6-7,10-11H2,1-3H3. The van der Waals surface area contributed by atoms with Crippen LogP contribution in [0.3, 0.4) is 0 Å². The van der Waals surface area contributed by atoms with Gasteiger partial charge in [0.25, 0.3) is 0 Å². The lowest BCUT2D eigenvalue weighted by Crippen LogP contribution is -2.28. The van der Waals surface area contributed by atoms with Crippen LogP contribution >= 0.6 is 23.4 Å². The normalized spacial score (nSPS) is 12.9. The molecule has 1 aromatic rings. The second-order valence-electron chi connectivity index (χ2n) is 4.92. The minimum atomic E-state index is 0.522. The Balaban J connectivity index is 2.66. The topological polar surface area (TPSA) is 12.0 Å². The highest BCUT2D eigenvalue weighted by atomic mass is 35.5. The van der Waals surface area contributed by atoms with Crippen LogP contribution in [0.15, 0.2) is 24.3 Å². The van der Waals surface area contributed by atoms with Crippen molar-refractivity contribution in [1.29, 1.82) is 0 Å². The average Bonchev–Trinajstić information content (AvgIpc) is 2.34. The number of thioether (sulfide) groups is 1. The summed E-state index contributed by atoms with van der Waals surface area (Å²) in [7, 11) is 0. The van der Waals surface area contributed by atoms with Gasteiger partial charge in [0.05, 0.1) is 0 Å². The summed E-state index contributed by atoms with van der Waals surface area (Å²) < 4.78 is 0. The second kappa shape index (κ2) is 8.84. The Morgan fingerprint density at radius 2 is 2.00 bits per heavy atom. The Hall–Kier alpha value is -0.180. The molecule has 0 amide bonds. The van der Waals surface area contributed by atoms with Crippen LogP contribution in [0.25, 0.3) is 0 Å². The van der Waals surface area contributed by atoms with Gasteiger partial charge in [-0.2, -0.15) is 11.8 Å². The summed E-state index contributed by atoms with van der Waals surface area (Å²) in [6.45, 7) is 5.38. The van der Waals surface area contributed by atoms with Gasteiger partial charge >= 0.3 is 0 Å². The molecule has 1 rings (SSSR count). The van der Waals surface area contributed by atoms with Gasteiger partial charge in [-0.25, -0.2) is 0 Å². The lowest BCUT2D eigenvalue weighted by molar-refractivity contribution is 0.506. The molecule has 3 heteroatoms. The van der Waals surface area contributed by atoms with Gasteiger partial charge in [-0.05, 0) is 42.4 Å². The zero-order valence-corrected chi connectivity index (χ0v) is 13.2. The fourth-order valence-electron chi connectivity index (χ4n) is 2.03. The number of benzene rings is 1. The molecule has 1 aromatic carbocycles. The van der Waals surface area contributed by atoms with Crippen LogP contribution in [0.5, 0.6) is 0 Å².